The Morgan fingerprint density at radius 3 is 2.39 bits per heavy atom. The molecule has 18 heavy (non-hydrogen) atoms. The van der Waals surface area contributed by atoms with Crippen LogP contribution in [0, 0.1) is 0 Å². The van der Waals surface area contributed by atoms with E-state index in [4.69, 9.17) is 9.68 Å². The lowest BCUT2D eigenvalue weighted by molar-refractivity contribution is -0.366. The third-order valence-corrected chi connectivity index (χ3v) is 3.49. The van der Waals surface area contributed by atoms with Crippen molar-refractivity contribution in [3.63, 3.8) is 0 Å². The minimum absolute atomic E-state index is 0.291. The van der Waals surface area contributed by atoms with E-state index in [9.17, 15) is 0 Å². The fourth-order valence-electron chi connectivity index (χ4n) is 2.16. The Morgan fingerprint density at radius 2 is 1.89 bits per heavy atom. The van der Waals surface area contributed by atoms with E-state index in [1.54, 1.807) is 19.4 Å². The predicted octanol–water partition coefficient (Wildman–Crippen LogP) is 1.63. The van der Waals surface area contributed by atoms with Crippen molar-refractivity contribution in [2.45, 2.75) is 18.9 Å². The summed E-state index contributed by atoms with van der Waals surface area (Å²) in [6, 6.07) is 4.17. The fraction of sp³-hybridized carbons (Fsp3) is 0.636. The minimum atomic E-state index is 0.291. The van der Waals surface area contributed by atoms with Crippen LogP contribution in [0.25, 0.3) is 0 Å². The third kappa shape index (κ3) is 3.17. The van der Waals surface area contributed by atoms with Crippen molar-refractivity contribution < 1.29 is 9.68 Å². The second kappa shape index (κ2) is 6.42. The summed E-state index contributed by atoms with van der Waals surface area (Å²) in [6.07, 6.45) is 1.94. The highest BCUT2D eigenvalue weighted by molar-refractivity contribution is 9.10. The van der Waals surface area contributed by atoms with Gasteiger partial charge in [-0.1, -0.05) is 5.23 Å². The maximum atomic E-state index is 5.15. The number of rotatable bonds is 4. The van der Waals surface area contributed by atoms with Crippen LogP contribution < -0.4 is 4.90 Å². The molecule has 0 saturated carbocycles. The Hall–Kier alpha value is -0.760. The van der Waals surface area contributed by atoms with Gasteiger partial charge in [0.2, 0.25) is 0 Å². The summed E-state index contributed by atoms with van der Waals surface area (Å²) >= 11 is 3.28. The van der Waals surface area contributed by atoms with Crippen LogP contribution in [-0.2, 0) is 9.68 Å². The number of hydrogen-bond donors (Lipinski definition) is 0. The summed E-state index contributed by atoms with van der Waals surface area (Å²) in [6.45, 7) is 1.84. The molecule has 1 aliphatic heterocycles. The first kappa shape index (κ1) is 13.7. The highest BCUT2D eigenvalue weighted by Gasteiger charge is 2.25. The Labute approximate surface area is 115 Å². The zero-order valence-corrected chi connectivity index (χ0v) is 12.1. The Morgan fingerprint density at radius 1 is 1.22 bits per heavy atom. The highest BCUT2D eigenvalue weighted by Crippen LogP contribution is 2.21. The number of hydrogen-bond acceptors (Lipinski definition) is 6. The Balaban J connectivity index is 1.92. The first-order valence-corrected chi connectivity index (χ1v) is 6.65. The molecular formula is C11H17BrN4O2. The number of piperidine rings is 1. The standard InChI is InChI=1S/C11H17BrN4O2/c1-17-16(18-2)9-5-7-15(8-6-9)11-4-3-10(12)13-14-11/h3-4,9H,5-8H2,1-2H3. The fourth-order valence-corrected chi connectivity index (χ4v) is 2.37. The van der Waals surface area contributed by atoms with E-state index in [0.29, 0.717) is 6.04 Å². The normalized spacial score (nSPS) is 17.4. The molecule has 0 unspecified atom stereocenters. The number of nitrogens with zero attached hydrogens (tertiary/aromatic N) is 4. The zero-order valence-electron chi connectivity index (χ0n) is 10.5. The molecule has 0 atom stereocenters. The smallest absolute Gasteiger partial charge is 0.151 e. The van der Waals surface area contributed by atoms with Gasteiger partial charge in [0.05, 0.1) is 20.3 Å². The molecular weight excluding hydrogens is 300 g/mol. The third-order valence-electron chi connectivity index (χ3n) is 3.06. The largest absolute Gasteiger partial charge is 0.355 e. The summed E-state index contributed by atoms with van der Waals surface area (Å²) in [5.41, 5.74) is 0. The van der Waals surface area contributed by atoms with Crippen molar-refractivity contribution in [1.82, 2.24) is 15.4 Å². The average molecular weight is 317 g/mol. The Bertz CT molecular complexity index is 364. The van der Waals surface area contributed by atoms with Gasteiger partial charge in [0.15, 0.2) is 5.82 Å². The summed E-state index contributed by atoms with van der Waals surface area (Å²) in [7, 11) is 3.24. The molecule has 7 heteroatoms. The molecule has 0 amide bonds. The van der Waals surface area contributed by atoms with Gasteiger partial charge in [-0.05, 0) is 40.9 Å². The second-order valence-corrected chi connectivity index (χ2v) is 4.90. The molecule has 0 N–H and O–H groups in total. The van der Waals surface area contributed by atoms with Crippen LogP contribution >= 0.6 is 15.9 Å². The lowest BCUT2D eigenvalue weighted by Gasteiger charge is -2.35. The van der Waals surface area contributed by atoms with Gasteiger partial charge in [-0.15, -0.1) is 10.2 Å². The van der Waals surface area contributed by atoms with Crippen molar-refractivity contribution in [2.24, 2.45) is 0 Å². The molecule has 1 fully saturated rings. The number of halogens is 1. The summed E-state index contributed by atoms with van der Waals surface area (Å²) in [4.78, 5) is 12.5. The van der Waals surface area contributed by atoms with E-state index in [1.807, 2.05) is 12.1 Å². The van der Waals surface area contributed by atoms with Crippen LogP contribution in [0.4, 0.5) is 5.82 Å². The quantitative estimate of drug-likeness (QED) is 0.787. The maximum Gasteiger partial charge on any atom is 0.151 e. The maximum absolute atomic E-state index is 5.15. The van der Waals surface area contributed by atoms with Gasteiger partial charge in [0.25, 0.3) is 0 Å². The van der Waals surface area contributed by atoms with Gasteiger partial charge in [0, 0.05) is 13.1 Å². The first-order chi connectivity index (χ1) is 8.74. The van der Waals surface area contributed by atoms with E-state index in [0.717, 1.165) is 36.4 Å². The molecule has 100 valence electrons. The van der Waals surface area contributed by atoms with Crippen LogP contribution in [0.2, 0.25) is 0 Å². The van der Waals surface area contributed by atoms with E-state index < -0.39 is 0 Å². The first-order valence-electron chi connectivity index (χ1n) is 5.86. The molecule has 0 aromatic carbocycles. The molecule has 2 rings (SSSR count). The topological polar surface area (TPSA) is 50.7 Å². The van der Waals surface area contributed by atoms with Gasteiger partial charge in [-0.25, -0.2) is 0 Å². The Kier molecular flexibility index (Phi) is 4.87. The monoisotopic (exact) mass is 316 g/mol. The molecule has 0 spiro atoms. The molecule has 0 bridgehead atoms. The summed E-state index contributed by atoms with van der Waals surface area (Å²) in [5.74, 6) is 0.915. The zero-order chi connectivity index (χ0) is 13.0. The van der Waals surface area contributed by atoms with Crippen molar-refractivity contribution in [2.75, 3.05) is 32.2 Å². The van der Waals surface area contributed by atoms with Gasteiger partial charge < -0.3 is 4.90 Å². The van der Waals surface area contributed by atoms with Gasteiger partial charge >= 0.3 is 0 Å². The molecule has 2 heterocycles. The van der Waals surface area contributed by atoms with Crippen LogP contribution in [-0.4, -0.2) is 48.8 Å². The number of aromatic nitrogens is 2. The average Bonchev–Trinajstić information content (AvgIpc) is 2.42. The van der Waals surface area contributed by atoms with Crippen LogP contribution in [0.1, 0.15) is 12.8 Å². The van der Waals surface area contributed by atoms with Crippen molar-refractivity contribution in [3.05, 3.63) is 16.7 Å². The van der Waals surface area contributed by atoms with Gasteiger partial charge in [-0.3, -0.25) is 9.68 Å². The van der Waals surface area contributed by atoms with E-state index in [2.05, 4.69) is 31.0 Å². The van der Waals surface area contributed by atoms with Crippen LogP contribution in [0.5, 0.6) is 0 Å². The molecule has 1 aromatic heterocycles. The lowest BCUT2D eigenvalue weighted by atomic mass is 10.1. The van der Waals surface area contributed by atoms with Crippen LogP contribution in [0.3, 0.4) is 0 Å². The van der Waals surface area contributed by atoms with E-state index in [-0.39, 0.29) is 0 Å². The molecule has 0 radical (unpaired) electrons. The van der Waals surface area contributed by atoms with Crippen molar-refractivity contribution in [3.8, 4) is 0 Å². The number of anilines is 1. The molecule has 1 aliphatic rings. The molecule has 6 nitrogen and oxygen atoms in total. The van der Waals surface area contributed by atoms with Gasteiger partial charge in [0.1, 0.15) is 4.60 Å². The highest BCUT2D eigenvalue weighted by atomic mass is 79.9. The predicted molar refractivity (Wildman–Crippen MR) is 70.8 cm³/mol. The van der Waals surface area contributed by atoms with E-state index >= 15 is 0 Å². The van der Waals surface area contributed by atoms with Crippen molar-refractivity contribution >= 4 is 21.7 Å². The summed E-state index contributed by atoms with van der Waals surface area (Å²) < 4.78 is 0.756. The second-order valence-electron chi connectivity index (χ2n) is 4.08. The number of hydroxylamine groups is 2. The molecule has 1 saturated heterocycles. The lowest BCUT2D eigenvalue weighted by Crippen LogP contribution is -2.44. The molecule has 0 aliphatic carbocycles. The SMILES string of the molecule is CON(OC)C1CCN(c2ccc(Br)nn2)CC1. The van der Waals surface area contributed by atoms with Crippen molar-refractivity contribution in [1.29, 1.82) is 0 Å². The van der Waals surface area contributed by atoms with E-state index in [1.165, 1.54) is 0 Å². The summed E-state index contributed by atoms with van der Waals surface area (Å²) in [5, 5.41) is 9.73. The van der Waals surface area contributed by atoms with Gasteiger partial charge in [-0.2, -0.15) is 0 Å². The molecule has 1 aromatic rings. The van der Waals surface area contributed by atoms with Crippen LogP contribution in [0.15, 0.2) is 16.7 Å². The minimum Gasteiger partial charge on any atom is -0.355 e.